The lowest BCUT2D eigenvalue weighted by Crippen LogP contribution is -2.00. The van der Waals surface area contributed by atoms with Gasteiger partial charge in [0, 0.05) is 0 Å². The SMILES string of the molecule is CC(=N)c1c(C)cnn1PI. The first kappa shape index (κ1) is 9.13. The monoisotopic (exact) mass is 281 g/mol. The standard InChI is InChI=1S/C6H9IN3P/c1-4-3-9-10(11-7)6(4)5(2)8/h3,8,11H,1-2H3. The molecule has 1 heterocycles. The van der Waals surface area contributed by atoms with Crippen LogP contribution in [0.1, 0.15) is 18.2 Å². The number of rotatable bonds is 2. The Bertz CT molecular complexity index is 281. The van der Waals surface area contributed by atoms with Gasteiger partial charge in [0.15, 0.2) is 0 Å². The Morgan fingerprint density at radius 2 is 2.45 bits per heavy atom. The zero-order valence-corrected chi connectivity index (χ0v) is 9.51. The van der Waals surface area contributed by atoms with Crippen molar-refractivity contribution in [2.45, 2.75) is 13.8 Å². The number of hydrogen-bond acceptors (Lipinski definition) is 2. The maximum absolute atomic E-state index is 7.48. The summed E-state index contributed by atoms with van der Waals surface area (Å²) in [6, 6.07) is 0. The molecule has 0 aliphatic heterocycles. The van der Waals surface area contributed by atoms with E-state index in [9.17, 15) is 0 Å². The number of aryl methyl sites for hydroxylation is 1. The fourth-order valence-corrected chi connectivity index (χ4v) is 2.58. The van der Waals surface area contributed by atoms with Crippen LogP contribution in [0.25, 0.3) is 0 Å². The summed E-state index contributed by atoms with van der Waals surface area (Å²) in [5.41, 5.74) is 2.63. The van der Waals surface area contributed by atoms with Crippen LogP contribution in [-0.4, -0.2) is 15.3 Å². The van der Waals surface area contributed by atoms with Gasteiger partial charge in [-0.05, 0) is 41.5 Å². The first-order chi connectivity index (χ1) is 5.16. The molecule has 0 aliphatic carbocycles. The Kier molecular flexibility index (Phi) is 3.01. The van der Waals surface area contributed by atoms with Crippen LogP contribution >= 0.6 is 28.4 Å². The summed E-state index contributed by atoms with van der Waals surface area (Å²) in [6.45, 7) is 3.77. The molecule has 3 nitrogen and oxygen atoms in total. The fourth-order valence-electron chi connectivity index (χ4n) is 0.949. The van der Waals surface area contributed by atoms with Gasteiger partial charge in [0.1, 0.15) is 0 Å². The van der Waals surface area contributed by atoms with Crippen molar-refractivity contribution in [3.8, 4) is 0 Å². The molecular formula is C6H9IN3P. The number of nitrogens with one attached hydrogen (secondary N) is 1. The zero-order valence-electron chi connectivity index (χ0n) is 6.35. The Morgan fingerprint density at radius 3 is 2.82 bits per heavy atom. The Morgan fingerprint density at radius 1 is 1.82 bits per heavy atom. The van der Waals surface area contributed by atoms with Crippen molar-refractivity contribution in [2.24, 2.45) is 0 Å². The highest BCUT2D eigenvalue weighted by Gasteiger charge is 2.07. The van der Waals surface area contributed by atoms with E-state index in [1.165, 1.54) is 0 Å². The van der Waals surface area contributed by atoms with Crippen LogP contribution in [0.2, 0.25) is 0 Å². The zero-order chi connectivity index (χ0) is 8.43. The number of hydrogen-bond donors (Lipinski definition) is 1. The summed E-state index contributed by atoms with van der Waals surface area (Å²) in [7, 11) is 0. The molecule has 1 aromatic rings. The first-order valence-electron chi connectivity index (χ1n) is 3.13. The van der Waals surface area contributed by atoms with Crippen molar-refractivity contribution >= 4 is 34.1 Å². The van der Waals surface area contributed by atoms with Crippen molar-refractivity contribution in [3.63, 3.8) is 0 Å². The molecule has 0 aliphatic rings. The maximum Gasteiger partial charge on any atom is 0.0890 e. The van der Waals surface area contributed by atoms with E-state index in [1.54, 1.807) is 13.1 Å². The number of nitrogens with zero attached hydrogens (tertiary/aromatic N) is 2. The Hall–Kier alpha value is 0.0400. The second kappa shape index (κ2) is 3.63. The topological polar surface area (TPSA) is 41.7 Å². The van der Waals surface area contributed by atoms with Gasteiger partial charge in [-0.1, -0.05) is 0 Å². The van der Waals surface area contributed by atoms with E-state index in [0.29, 0.717) is 12.1 Å². The third-order valence-corrected chi connectivity index (χ3v) is 3.26. The van der Waals surface area contributed by atoms with Gasteiger partial charge in [-0.15, -0.1) is 0 Å². The highest BCUT2D eigenvalue weighted by molar-refractivity contribution is 14.2. The minimum atomic E-state index is 0.577. The normalized spacial score (nSPS) is 11.2. The van der Waals surface area contributed by atoms with Gasteiger partial charge in [-0.2, -0.15) is 5.10 Å². The molecular weight excluding hydrogens is 272 g/mol. The van der Waals surface area contributed by atoms with Gasteiger partial charge in [-0.3, -0.25) is 0 Å². The molecule has 1 aromatic heterocycles. The van der Waals surface area contributed by atoms with Crippen molar-refractivity contribution in [1.29, 1.82) is 5.41 Å². The lowest BCUT2D eigenvalue weighted by Gasteiger charge is -2.01. The minimum Gasteiger partial charge on any atom is -0.303 e. The summed E-state index contributed by atoms with van der Waals surface area (Å²) < 4.78 is 1.86. The van der Waals surface area contributed by atoms with E-state index in [4.69, 9.17) is 5.41 Å². The third-order valence-electron chi connectivity index (χ3n) is 1.39. The molecule has 0 amide bonds. The van der Waals surface area contributed by atoms with Gasteiger partial charge in [0.25, 0.3) is 0 Å². The highest BCUT2D eigenvalue weighted by Crippen LogP contribution is 2.26. The average molecular weight is 281 g/mol. The Balaban J connectivity index is 3.17. The molecule has 1 rings (SSSR count). The summed E-state index contributed by atoms with van der Waals surface area (Å²) in [5.74, 6) is 0. The molecule has 0 saturated heterocycles. The van der Waals surface area contributed by atoms with Crippen LogP contribution in [0.15, 0.2) is 6.20 Å². The molecule has 1 unspecified atom stereocenters. The van der Waals surface area contributed by atoms with Crippen LogP contribution in [0.4, 0.5) is 0 Å². The minimum absolute atomic E-state index is 0.577. The van der Waals surface area contributed by atoms with Gasteiger partial charge < -0.3 is 5.41 Å². The second-order valence-electron chi connectivity index (χ2n) is 2.30. The predicted molar refractivity (Wildman–Crippen MR) is 57.2 cm³/mol. The van der Waals surface area contributed by atoms with E-state index in [-0.39, 0.29) is 0 Å². The van der Waals surface area contributed by atoms with Crippen molar-refractivity contribution in [2.75, 3.05) is 0 Å². The third kappa shape index (κ3) is 1.79. The van der Waals surface area contributed by atoms with Gasteiger partial charge in [0.2, 0.25) is 0 Å². The van der Waals surface area contributed by atoms with E-state index < -0.39 is 0 Å². The van der Waals surface area contributed by atoms with Crippen molar-refractivity contribution < 1.29 is 0 Å². The van der Waals surface area contributed by atoms with Crippen LogP contribution in [0, 0.1) is 12.3 Å². The summed E-state index contributed by atoms with van der Waals surface area (Å²) in [4.78, 5) is 0. The summed E-state index contributed by atoms with van der Waals surface area (Å²) in [6.07, 6.45) is 2.38. The quantitative estimate of drug-likeness (QED) is 0.504. The molecule has 1 atom stereocenters. The molecule has 0 aromatic carbocycles. The number of aromatic nitrogens is 2. The molecule has 0 bridgehead atoms. The molecule has 0 fully saturated rings. The highest BCUT2D eigenvalue weighted by atomic mass is 127. The van der Waals surface area contributed by atoms with Gasteiger partial charge in [0.05, 0.1) is 24.0 Å². The average Bonchev–Trinajstić information content (AvgIpc) is 2.30. The largest absolute Gasteiger partial charge is 0.303 e. The Labute approximate surface area is 80.4 Å². The first-order valence-corrected chi connectivity index (χ1v) is 7.19. The smallest absolute Gasteiger partial charge is 0.0890 e. The number of halogens is 1. The second-order valence-corrected chi connectivity index (χ2v) is 4.34. The predicted octanol–water partition coefficient (Wildman–Crippen LogP) is 2.37. The molecule has 1 N–H and O–H groups in total. The van der Waals surface area contributed by atoms with Crippen molar-refractivity contribution in [1.82, 2.24) is 9.55 Å². The maximum atomic E-state index is 7.48. The summed E-state index contributed by atoms with van der Waals surface area (Å²) >= 11 is 2.26. The van der Waals surface area contributed by atoms with Crippen LogP contribution < -0.4 is 0 Å². The molecule has 0 saturated carbocycles. The van der Waals surface area contributed by atoms with Gasteiger partial charge >= 0.3 is 0 Å². The fraction of sp³-hybridized carbons (Fsp3) is 0.333. The molecule has 0 spiro atoms. The van der Waals surface area contributed by atoms with E-state index in [1.807, 2.05) is 11.4 Å². The lowest BCUT2D eigenvalue weighted by atomic mass is 10.2. The van der Waals surface area contributed by atoms with Crippen molar-refractivity contribution in [3.05, 3.63) is 17.5 Å². The van der Waals surface area contributed by atoms with E-state index in [0.717, 1.165) is 11.3 Å². The van der Waals surface area contributed by atoms with Crippen LogP contribution in [-0.2, 0) is 0 Å². The van der Waals surface area contributed by atoms with E-state index >= 15 is 0 Å². The van der Waals surface area contributed by atoms with E-state index in [2.05, 4.69) is 27.1 Å². The molecule has 60 valence electrons. The van der Waals surface area contributed by atoms with Gasteiger partial charge in [-0.25, -0.2) is 4.45 Å². The van der Waals surface area contributed by atoms with Crippen LogP contribution in [0.3, 0.4) is 0 Å². The molecule has 5 heteroatoms. The summed E-state index contributed by atoms with van der Waals surface area (Å²) in [5, 5.41) is 11.6. The molecule has 11 heavy (non-hydrogen) atoms. The lowest BCUT2D eigenvalue weighted by molar-refractivity contribution is 0.996. The molecule has 0 radical (unpaired) electrons. The van der Waals surface area contributed by atoms with Crippen LogP contribution in [0.5, 0.6) is 0 Å².